The molecule has 1 aliphatic heterocycles. The Morgan fingerprint density at radius 1 is 1.08 bits per heavy atom. The summed E-state index contributed by atoms with van der Waals surface area (Å²) in [5.74, 6) is 2.94. The Labute approximate surface area is 150 Å². The van der Waals surface area contributed by atoms with E-state index in [1.54, 1.807) is 13.2 Å². The van der Waals surface area contributed by atoms with Crippen LogP contribution in [0.4, 0.5) is 0 Å². The van der Waals surface area contributed by atoms with E-state index in [9.17, 15) is 4.79 Å². The number of hydrogen-bond donors (Lipinski definition) is 0. The quantitative estimate of drug-likeness (QED) is 0.436. The molecule has 0 bridgehead atoms. The second kappa shape index (κ2) is 8.31. The van der Waals surface area contributed by atoms with E-state index in [1.807, 2.05) is 72.1 Å². The van der Waals surface area contributed by atoms with Gasteiger partial charge in [-0.2, -0.15) is 0 Å². The summed E-state index contributed by atoms with van der Waals surface area (Å²) in [6, 6.07) is 15.4. The first-order valence-corrected chi connectivity index (χ1v) is 9.72. The highest BCUT2D eigenvalue weighted by molar-refractivity contribution is 8.19. The van der Waals surface area contributed by atoms with Gasteiger partial charge in [-0.25, -0.2) is 4.79 Å². The molecule has 2 aromatic carbocycles. The molecule has 0 radical (unpaired) electrons. The van der Waals surface area contributed by atoms with Gasteiger partial charge in [-0.1, -0.05) is 36.4 Å². The summed E-state index contributed by atoms with van der Waals surface area (Å²) in [6.07, 6.45) is 3.15. The van der Waals surface area contributed by atoms with Crippen molar-refractivity contribution in [2.75, 3.05) is 18.6 Å². The summed E-state index contributed by atoms with van der Waals surface area (Å²) in [6.45, 7) is 0. The van der Waals surface area contributed by atoms with Crippen LogP contribution < -0.4 is 9.47 Å². The maximum Gasteiger partial charge on any atom is 0.336 e. The van der Waals surface area contributed by atoms with E-state index in [0.717, 1.165) is 5.56 Å². The fourth-order valence-corrected chi connectivity index (χ4v) is 5.18. The van der Waals surface area contributed by atoms with Crippen LogP contribution in [-0.2, 0) is 4.79 Å². The third-order valence-electron chi connectivity index (χ3n) is 3.50. The molecule has 3 rings (SSSR count). The van der Waals surface area contributed by atoms with Gasteiger partial charge in [-0.05, 0) is 29.3 Å². The van der Waals surface area contributed by atoms with Gasteiger partial charge in [-0.15, -0.1) is 23.5 Å². The second-order valence-electron chi connectivity index (χ2n) is 5.15. The fraction of sp³-hybridized carbons (Fsp3) is 0.211. The van der Waals surface area contributed by atoms with E-state index in [0.29, 0.717) is 16.1 Å². The Morgan fingerprint density at radius 3 is 2.54 bits per heavy atom. The van der Waals surface area contributed by atoms with Crippen LogP contribution >= 0.6 is 23.5 Å². The van der Waals surface area contributed by atoms with E-state index in [4.69, 9.17) is 9.47 Å². The molecule has 1 heterocycles. The van der Waals surface area contributed by atoms with Gasteiger partial charge in [-0.3, -0.25) is 0 Å². The Bertz CT molecular complexity index is 723. The molecular weight excluding hydrogens is 340 g/mol. The third-order valence-corrected chi connectivity index (χ3v) is 6.61. The van der Waals surface area contributed by atoms with Crippen LogP contribution in [-0.4, -0.2) is 24.6 Å². The minimum absolute atomic E-state index is 0.422. The van der Waals surface area contributed by atoms with Crippen molar-refractivity contribution in [1.29, 1.82) is 0 Å². The van der Waals surface area contributed by atoms with Crippen molar-refractivity contribution < 1.29 is 14.3 Å². The van der Waals surface area contributed by atoms with Gasteiger partial charge in [0.2, 0.25) is 0 Å². The van der Waals surface area contributed by atoms with E-state index in [2.05, 4.69) is 0 Å². The van der Waals surface area contributed by atoms with E-state index < -0.39 is 5.97 Å². The smallest absolute Gasteiger partial charge is 0.336 e. The van der Waals surface area contributed by atoms with Gasteiger partial charge >= 0.3 is 5.97 Å². The Morgan fingerprint density at radius 2 is 1.83 bits per heavy atom. The lowest BCUT2D eigenvalue weighted by Gasteiger charge is -2.13. The standard InChI is InChI=1S/C19H18O3S2/c1-21-17-13-15(19-23-11-12-24-19)8-9-16(17)22-18(20)10-7-14-5-3-2-4-6-14/h2-10,13,19H,11-12H2,1H3/b10-7+. The van der Waals surface area contributed by atoms with Crippen LogP contribution in [0.3, 0.4) is 0 Å². The molecule has 0 saturated carbocycles. The van der Waals surface area contributed by atoms with Gasteiger partial charge < -0.3 is 9.47 Å². The lowest BCUT2D eigenvalue weighted by Crippen LogP contribution is -2.05. The van der Waals surface area contributed by atoms with Gasteiger partial charge in [0.15, 0.2) is 11.5 Å². The maximum absolute atomic E-state index is 12.0. The first-order chi connectivity index (χ1) is 11.8. The highest BCUT2D eigenvalue weighted by atomic mass is 32.2. The number of carbonyl (C=O) groups is 1. The third kappa shape index (κ3) is 4.36. The van der Waals surface area contributed by atoms with Gasteiger partial charge in [0, 0.05) is 17.6 Å². The molecule has 1 saturated heterocycles. The van der Waals surface area contributed by atoms with E-state index in [-0.39, 0.29) is 0 Å². The molecule has 0 N–H and O–H groups in total. The van der Waals surface area contributed by atoms with Crippen molar-refractivity contribution >= 4 is 35.6 Å². The highest BCUT2D eigenvalue weighted by Crippen LogP contribution is 2.46. The number of benzene rings is 2. The molecular formula is C19H18O3S2. The number of ether oxygens (including phenoxy) is 2. The Kier molecular flexibility index (Phi) is 5.88. The molecule has 1 aliphatic rings. The van der Waals surface area contributed by atoms with Crippen LogP contribution in [0.25, 0.3) is 6.08 Å². The average molecular weight is 358 g/mol. The predicted molar refractivity (Wildman–Crippen MR) is 102 cm³/mol. The zero-order chi connectivity index (χ0) is 16.8. The fourth-order valence-electron chi connectivity index (χ4n) is 2.34. The summed E-state index contributed by atoms with van der Waals surface area (Å²) in [7, 11) is 1.59. The monoisotopic (exact) mass is 358 g/mol. The predicted octanol–water partition coefficient (Wildman–Crippen LogP) is 4.79. The molecule has 1 fully saturated rings. The first-order valence-electron chi connectivity index (χ1n) is 7.62. The maximum atomic E-state index is 12.0. The molecule has 0 aliphatic carbocycles. The second-order valence-corrected chi connectivity index (χ2v) is 7.87. The molecule has 0 spiro atoms. The minimum atomic E-state index is -0.422. The van der Waals surface area contributed by atoms with Crippen molar-refractivity contribution in [1.82, 2.24) is 0 Å². The van der Waals surface area contributed by atoms with Crippen molar-refractivity contribution in [2.45, 2.75) is 4.58 Å². The first kappa shape index (κ1) is 17.0. The van der Waals surface area contributed by atoms with Gasteiger partial charge in [0.05, 0.1) is 11.7 Å². The van der Waals surface area contributed by atoms with Crippen LogP contribution in [0.1, 0.15) is 15.7 Å². The molecule has 0 unspecified atom stereocenters. The summed E-state index contributed by atoms with van der Waals surface area (Å²) < 4.78 is 11.2. The number of rotatable bonds is 5. The van der Waals surface area contributed by atoms with Gasteiger partial charge in [0.25, 0.3) is 0 Å². The van der Waals surface area contributed by atoms with Crippen LogP contribution in [0.15, 0.2) is 54.6 Å². The zero-order valence-electron chi connectivity index (χ0n) is 13.3. The van der Waals surface area contributed by atoms with E-state index >= 15 is 0 Å². The number of methoxy groups -OCH3 is 1. The van der Waals surface area contributed by atoms with Crippen molar-refractivity contribution in [3.8, 4) is 11.5 Å². The Hall–Kier alpha value is -1.85. The van der Waals surface area contributed by atoms with Crippen LogP contribution in [0.2, 0.25) is 0 Å². The lowest BCUT2D eigenvalue weighted by molar-refractivity contribution is -0.129. The van der Waals surface area contributed by atoms with E-state index in [1.165, 1.54) is 23.1 Å². The molecule has 0 aromatic heterocycles. The molecule has 3 nitrogen and oxygen atoms in total. The van der Waals surface area contributed by atoms with Gasteiger partial charge in [0.1, 0.15) is 0 Å². The topological polar surface area (TPSA) is 35.5 Å². The largest absolute Gasteiger partial charge is 0.493 e. The molecule has 0 atom stereocenters. The normalized spacial score (nSPS) is 14.9. The molecule has 124 valence electrons. The molecule has 24 heavy (non-hydrogen) atoms. The summed E-state index contributed by atoms with van der Waals surface area (Å²) in [5.41, 5.74) is 2.14. The zero-order valence-corrected chi connectivity index (χ0v) is 14.9. The van der Waals surface area contributed by atoms with Crippen molar-refractivity contribution in [3.63, 3.8) is 0 Å². The summed E-state index contributed by atoms with van der Waals surface area (Å²) >= 11 is 3.86. The SMILES string of the molecule is COc1cc(C2SCCS2)ccc1OC(=O)/C=C/c1ccccc1. The highest BCUT2D eigenvalue weighted by Gasteiger charge is 2.20. The van der Waals surface area contributed by atoms with Crippen molar-refractivity contribution in [2.24, 2.45) is 0 Å². The lowest BCUT2D eigenvalue weighted by atomic mass is 10.2. The number of hydrogen-bond acceptors (Lipinski definition) is 5. The minimum Gasteiger partial charge on any atom is -0.493 e. The Balaban J connectivity index is 1.69. The number of thioether (sulfide) groups is 2. The number of carbonyl (C=O) groups excluding carboxylic acids is 1. The number of esters is 1. The van der Waals surface area contributed by atoms with Crippen molar-refractivity contribution in [3.05, 3.63) is 65.7 Å². The molecule has 5 heteroatoms. The summed E-state index contributed by atoms with van der Waals surface area (Å²) in [5, 5.41) is 0. The van der Waals surface area contributed by atoms with Crippen LogP contribution in [0.5, 0.6) is 11.5 Å². The summed E-state index contributed by atoms with van der Waals surface area (Å²) in [4.78, 5) is 12.0. The van der Waals surface area contributed by atoms with Crippen LogP contribution in [0, 0.1) is 0 Å². The average Bonchev–Trinajstić information content (AvgIpc) is 3.16. The molecule has 0 amide bonds. The molecule has 2 aromatic rings.